The van der Waals surface area contributed by atoms with E-state index in [4.69, 9.17) is 0 Å². The van der Waals surface area contributed by atoms with Crippen molar-refractivity contribution in [2.75, 3.05) is 0 Å². The zero-order valence-corrected chi connectivity index (χ0v) is 10.8. The summed E-state index contributed by atoms with van der Waals surface area (Å²) < 4.78 is 0. The van der Waals surface area contributed by atoms with Gasteiger partial charge in [0.05, 0.1) is 16.7 Å². The summed E-state index contributed by atoms with van der Waals surface area (Å²) in [7, 11) is 0. The molecule has 16 heavy (non-hydrogen) atoms. The maximum Gasteiger partial charge on any atom is 0.103 e. The molecule has 1 N–H and O–H groups in total. The van der Waals surface area contributed by atoms with E-state index < -0.39 is 0 Å². The van der Waals surface area contributed by atoms with E-state index in [1.165, 1.54) is 0 Å². The summed E-state index contributed by atoms with van der Waals surface area (Å²) >= 11 is 13.2. The average molecular weight is 264 g/mol. The molecule has 1 aromatic rings. The summed E-state index contributed by atoms with van der Waals surface area (Å²) in [6, 6.07) is 7.87. The molecule has 5 heteroatoms. The highest BCUT2D eigenvalue weighted by Crippen LogP contribution is 2.41. The second kappa shape index (κ2) is 3.61. The fourth-order valence-electron chi connectivity index (χ4n) is 1.73. The molecule has 0 saturated carbocycles. The summed E-state index contributed by atoms with van der Waals surface area (Å²) in [5, 5.41) is 0. The van der Waals surface area contributed by atoms with Crippen molar-refractivity contribution in [1.82, 2.24) is 9.97 Å². The van der Waals surface area contributed by atoms with Crippen LogP contribution in [0, 0.1) is 0 Å². The van der Waals surface area contributed by atoms with Gasteiger partial charge in [-0.25, -0.2) is 4.98 Å². The van der Waals surface area contributed by atoms with Crippen LogP contribution in [0.5, 0.6) is 0 Å². The molecule has 80 valence electrons. The van der Waals surface area contributed by atoms with E-state index >= 15 is 0 Å². The third-order valence-corrected chi connectivity index (χ3v) is 4.23. The van der Waals surface area contributed by atoms with E-state index in [0.29, 0.717) is 0 Å². The lowest BCUT2D eigenvalue weighted by molar-refractivity contribution is 1.24. The van der Waals surface area contributed by atoms with Crippen molar-refractivity contribution in [1.29, 1.82) is 0 Å². The van der Waals surface area contributed by atoms with E-state index in [1.807, 2.05) is 24.3 Å². The third kappa shape index (κ3) is 1.35. The van der Waals surface area contributed by atoms with Crippen molar-refractivity contribution in [3.63, 3.8) is 0 Å². The Bertz CT molecular complexity index is 604. The quantitative estimate of drug-likeness (QED) is 0.460. The van der Waals surface area contributed by atoms with Crippen LogP contribution >= 0.6 is 37.9 Å². The van der Waals surface area contributed by atoms with Crippen LogP contribution in [-0.2, 0) is 0 Å². The van der Waals surface area contributed by atoms with Gasteiger partial charge in [0.25, 0.3) is 0 Å². The van der Waals surface area contributed by atoms with E-state index in [9.17, 15) is 0 Å². The monoisotopic (exact) mass is 264 g/mol. The Labute approximate surface area is 109 Å². The predicted molar refractivity (Wildman–Crippen MR) is 74.5 cm³/mol. The van der Waals surface area contributed by atoms with Gasteiger partial charge in [0, 0.05) is 14.7 Å². The molecule has 0 unspecified atom stereocenters. The first-order valence-corrected chi connectivity index (χ1v) is 6.04. The molecule has 1 aromatic carbocycles. The van der Waals surface area contributed by atoms with Crippen molar-refractivity contribution >= 4 is 48.9 Å². The summed E-state index contributed by atoms with van der Waals surface area (Å²) in [5.41, 5.74) is 3.60. The third-order valence-electron chi connectivity index (χ3n) is 2.54. The number of nitrogens with zero attached hydrogens (tertiary/aromatic N) is 1. The van der Waals surface area contributed by atoms with Crippen LogP contribution in [0.15, 0.2) is 39.0 Å². The molecule has 0 amide bonds. The van der Waals surface area contributed by atoms with Crippen LogP contribution in [0.4, 0.5) is 0 Å². The number of benzene rings is 1. The molecule has 2 aliphatic rings. The van der Waals surface area contributed by atoms with Crippen molar-refractivity contribution in [2.45, 2.75) is 14.7 Å². The zero-order chi connectivity index (χ0) is 11.3. The standard InChI is InChI=1S/C11H8N2S3/c14-9-7-8(10(15)11(9)16)13-6-4-2-1-3-5(6)12-7/h1-4,12,14-16H. The first kappa shape index (κ1) is 10.4. The highest BCUT2D eigenvalue weighted by Gasteiger charge is 2.19. The number of aromatic nitrogens is 2. The van der Waals surface area contributed by atoms with Crippen LogP contribution in [0.2, 0.25) is 0 Å². The Hall–Kier alpha value is -0.780. The van der Waals surface area contributed by atoms with Gasteiger partial charge in [-0.3, -0.25) is 0 Å². The molecule has 0 aromatic heterocycles. The lowest BCUT2D eigenvalue weighted by atomic mass is 10.2. The Balaban J connectivity index is 2.52. The number of thiol groups is 3. The summed E-state index contributed by atoms with van der Waals surface area (Å²) in [6.45, 7) is 0. The Morgan fingerprint density at radius 3 is 2.50 bits per heavy atom. The number of aromatic amines is 1. The van der Waals surface area contributed by atoms with Crippen LogP contribution in [0.3, 0.4) is 0 Å². The maximum absolute atomic E-state index is 4.55. The Morgan fingerprint density at radius 2 is 1.69 bits per heavy atom. The molecule has 0 atom stereocenters. The van der Waals surface area contributed by atoms with Gasteiger partial charge in [-0.1, -0.05) is 12.1 Å². The van der Waals surface area contributed by atoms with Gasteiger partial charge in [0.1, 0.15) is 5.69 Å². The SMILES string of the molecule is Sc1c2nc3ccccc3[nH]c-2c(S)c1S. The molecule has 2 nitrogen and oxygen atoms in total. The van der Waals surface area contributed by atoms with E-state index in [2.05, 4.69) is 47.9 Å². The molecule has 1 heterocycles. The van der Waals surface area contributed by atoms with Crippen LogP contribution in [0.25, 0.3) is 22.4 Å². The van der Waals surface area contributed by atoms with Crippen LogP contribution in [0.1, 0.15) is 0 Å². The summed E-state index contributed by atoms with van der Waals surface area (Å²) in [6.07, 6.45) is 0. The minimum Gasteiger partial charge on any atom is -0.351 e. The van der Waals surface area contributed by atoms with Crippen LogP contribution < -0.4 is 0 Å². The number of hydrogen-bond acceptors (Lipinski definition) is 4. The number of rotatable bonds is 0. The molecular weight excluding hydrogens is 256 g/mol. The van der Waals surface area contributed by atoms with Crippen molar-refractivity contribution in [3.8, 4) is 11.4 Å². The zero-order valence-electron chi connectivity index (χ0n) is 8.10. The van der Waals surface area contributed by atoms with Gasteiger partial charge in [-0.15, -0.1) is 37.9 Å². The molecule has 0 bridgehead atoms. The minimum atomic E-state index is 0.765. The highest BCUT2D eigenvalue weighted by molar-refractivity contribution is 7.85. The molecule has 1 aliphatic heterocycles. The lowest BCUT2D eigenvalue weighted by Crippen LogP contribution is -1.90. The van der Waals surface area contributed by atoms with Crippen molar-refractivity contribution in [2.24, 2.45) is 0 Å². The summed E-state index contributed by atoms with van der Waals surface area (Å²) in [4.78, 5) is 10.2. The molecule has 0 fully saturated rings. The minimum absolute atomic E-state index is 0.765. The maximum atomic E-state index is 4.55. The lowest BCUT2D eigenvalue weighted by Gasteiger charge is -2.04. The van der Waals surface area contributed by atoms with E-state index in [1.54, 1.807) is 0 Å². The normalized spacial score (nSPS) is 11.4. The van der Waals surface area contributed by atoms with Crippen LogP contribution in [-0.4, -0.2) is 9.97 Å². The Morgan fingerprint density at radius 1 is 0.938 bits per heavy atom. The van der Waals surface area contributed by atoms with E-state index in [0.717, 1.165) is 37.1 Å². The predicted octanol–water partition coefficient (Wildman–Crippen LogP) is 3.53. The van der Waals surface area contributed by atoms with Gasteiger partial charge in [-0.05, 0) is 12.1 Å². The first-order chi connectivity index (χ1) is 7.68. The second-order valence-electron chi connectivity index (χ2n) is 3.52. The molecule has 3 rings (SSSR count). The highest BCUT2D eigenvalue weighted by atomic mass is 32.1. The summed E-state index contributed by atoms with van der Waals surface area (Å²) in [5.74, 6) is 0. The molecule has 1 aliphatic carbocycles. The number of nitrogens with one attached hydrogen (secondary N) is 1. The molecule has 0 spiro atoms. The number of para-hydroxylation sites is 2. The van der Waals surface area contributed by atoms with Crippen molar-refractivity contribution < 1.29 is 0 Å². The fourth-order valence-corrected chi connectivity index (χ4v) is 2.59. The first-order valence-electron chi connectivity index (χ1n) is 4.70. The second-order valence-corrected chi connectivity index (χ2v) is 4.87. The van der Waals surface area contributed by atoms with Gasteiger partial charge < -0.3 is 4.98 Å². The van der Waals surface area contributed by atoms with Gasteiger partial charge in [0.15, 0.2) is 0 Å². The van der Waals surface area contributed by atoms with Crippen molar-refractivity contribution in [3.05, 3.63) is 24.3 Å². The molecular formula is C11H8N2S3. The fraction of sp³-hybridized carbons (Fsp3) is 0. The number of H-pyrrole nitrogens is 1. The molecule has 0 saturated heterocycles. The van der Waals surface area contributed by atoms with Gasteiger partial charge >= 0.3 is 0 Å². The molecule has 0 radical (unpaired) electrons. The number of fused-ring (bicyclic) bond motifs is 2. The topological polar surface area (TPSA) is 28.7 Å². The van der Waals surface area contributed by atoms with E-state index in [-0.39, 0.29) is 0 Å². The smallest absolute Gasteiger partial charge is 0.103 e. The Kier molecular flexibility index (Phi) is 2.34. The van der Waals surface area contributed by atoms with Gasteiger partial charge in [0.2, 0.25) is 0 Å². The number of hydrogen-bond donors (Lipinski definition) is 4. The van der Waals surface area contributed by atoms with Gasteiger partial charge in [-0.2, -0.15) is 0 Å². The largest absolute Gasteiger partial charge is 0.351 e. The average Bonchev–Trinajstić information content (AvgIpc) is 2.52.